The molecule has 2 aromatic rings. The standard InChI is InChI=1S/C16H15ClN2O5S/c1-11-4-2-3-5-14(11)24-25(22,23)13-8-6-12(7-9-13)18-16(21)19-15(20)10-17/h2-9H,10H2,1H3,(H2,18,19,20,21). The average molecular weight is 383 g/mol. The first-order chi connectivity index (χ1) is 11.8. The maximum atomic E-state index is 12.3. The predicted octanol–water partition coefficient (Wildman–Crippen LogP) is 2.65. The zero-order valence-corrected chi connectivity index (χ0v) is 14.7. The summed E-state index contributed by atoms with van der Waals surface area (Å²) in [7, 11) is -4.00. The molecule has 3 amide bonds. The van der Waals surface area contributed by atoms with E-state index in [2.05, 4.69) is 5.32 Å². The first-order valence-corrected chi connectivity index (χ1v) is 9.03. The van der Waals surface area contributed by atoms with E-state index in [0.29, 0.717) is 11.3 Å². The summed E-state index contributed by atoms with van der Waals surface area (Å²) < 4.78 is 29.7. The highest BCUT2D eigenvalue weighted by Crippen LogP contribution is 2.23. The summed E-state index contributed by atoms with van der Waals surface area (Å²) in [5.41, 5.74) is 0.986. The molecule has 9 heteroatoms. The lowest BCUT2D eigenvalue weighted by molar-refractivity contribution is -0.117. The van der Waals surface area contributed by atoms with Crippen molar-refractivity contribution in [1.29, 1.82) is 0 Å². The molecule has 25 heavy (non-hydrogen) atoms. The van der Waals surface area contributed by atoms with Crippen LogP contribution >= 0.6 is 11.6 Å². The van der Waals surface area contributed by atoms with Crippen LogP contribution in [-0.2, 0) is 14.9 Å². The Morgan fingerprint density at radius 1 is 1.08 bits per heavy atom. The van der Waals surface area contributed by atoms with Crippen molar-refractivity contribution in [2.45, 2.75) is 11.8 Å². The van der Waals surface area contributed by atoms with E-state index in [1.165, 1.54) is 24.3 Å². The van der Waals surface area contributed by atoms with Crippen LogP contribution in [-0.4, -0.2) is 26.2 Å². The van der Waals surface area contributed by atoms with Crippen LogP contribution < -0.4 is 14.8 Å². The number of imide groups is 1. The van der Waals surface area contributed by atoms with Crippen LogP contribution in [0, 0.1) is 6.92 Å². The summed E-state index contributed by atoms with van der Waals surface area (Å²) in [4.78, 5) is 22.4. The van der Waals surface area contributed by atoms with Gasteiger partial charge in [-0.3, -0.25) is 10.1 Å². The minimum Gasteiger partial charge on any atom is -0.379 e. The Balaban J connectivity index is 2.09. The SMILES string of the molecule is Cc1ccccc1OS(=O)(=O)c1ccc(NC(=O)NC(=O)CCl)cc1. The van der Waals surface area contributed by atoms with Gasteiger partial charge in [0.05, 0.1) is 0 Å². The average Bonchev–Trinajstić information content (AvgIpc) is 2.57. The lowest BCUT2D eigenvalue weighted by atomic mass is 10.2. The number of rotatable bonds is 5. The largest absolute Gasteiger partial charge is 0.379 e. The molecular formula is C16H15ClN2O5S. The molecule has 0 fully saturated rings. The van der Waals surface area contributed by atoms with Gasteiger partial charge in [-0.1, -0.05) is 18.2 Å². The molecular weight excluding hydrogens is 368 g/mol. The molecule has 2 N–H and O–H groups in total. The fourth-order valence-electron chi connectivity index (χ4n) is 1.84. The van der Waals surface area contributed by atoms with E-state index in [1.807, 2.05) is 5.32 Å². The van der Waals surface area contributed by atoms with Gasteiger partial charge in [0.15, 0.2) is 0 Å². The van der Waals surface area contributed by atoms with Gasteiger partial charge in [-0.2, -0.15) is 8.42 Å². The molecule has 0 spiro atoms. The molecule has 0 saturated carbocycles. The molecule has 0 aromatic heterocycles. The summed E-state index contributed by atoms with van der Waals surface area (Å²) in [6.07, 6.45) is 0. The summed E-state index contributed by atoms with van der Waals surface area (Å²) in [5.74, 6) is -0.755. The molecule has 0 heterocycles. The summed E-state index contributed by atoms with van der Waals surface area (Å²) in [6.45, 7) is 1.73. The number of benzene rings is 2. The van der Waals surface area contributed by atoms with E-state index in [0.717, 1.165) is 0 Å². The smallest absolute Gasteiger partial charge is 0.339 e. The zero-order chi connectivity index (χ0) is 18.4. The van der Waals surface area contributed by atoms with Gasteiger partial charge in [-0.05, 0) is 42.8 Å². The highest BCUT2D eigenvalue weighted by molar-refractivity contribution is 7.87. The fraction of sp³-hybridized carbons (Fsp3) is 0.125. The Labute approximate surface area is 150 Å². The van der Waals surface area contributed by atoms with Crippen LogP contribution in [0.15, 0.2) is 53.4 Å². The minimum absolute atomic E-state index is 0.0708. The van der Waals surface area contributed by atoms with Gasteiger partial charge in [0.1, 0.15) is 16.5 Å². The second-order valence-electron chi connectivity index (χ2n) is 4.96. The number of urea groups is 1. The third-order valence-electron chi connectivity index (χ3n) is 3.07. The Bertz CT molecular complexity index is 882. The van der Waals surface area contributed by atoms with Crippen molar-refractivity contribution in [3.8, 4) is 5.75 Å². The molecule has 0 aliphatic heterocycles. The van der Waals surface area contributed by atoms with E-state index in [-0.39, 0.29) is 16.5 Å². The highest BCUT2D eigenvalue weighted by Gasteiger charge is 2.17. The van der Waals surface area contributed by atoms with Crippen molar-refractivity contribution >= 4 is 39.3 Å². The number of aryl methyl sites for hydroxylation is 1. The zero-order valence-electron chi connectivity index (χ0n) is 13.2. The van der Waals surface area contributed by atoms with Crippen LogP contribution in [0.3, 0.4) is 0 Å². The van der Waals surface area contributed by atoms with Crippen LogP contribution in [0.5, 0.6) is 5.75 Å². The minimum atomic E-state index is -4.00. The van der Waals surface area contributed by atoms with Crippen LogP contribution in [0.4, 0.5) is 10.5 Å². The van der Waals surface area contributed by atoms with Gasteiger partial charge >= 0.3 is 16.1 Å². The molecule has 2 rings (SSSR count). The van der Waals surface area contributed by atoms with E-state index in [4.69, 9.17) is 15.8 Å². The number of anilines is 1. The summed E-state index contributed by atoms with van der Waals surface area (Å²) in [5, 5.41) is 4.38. The number of hydrogen-bond donors (Lipinski definition) is 2. The van der Waals surface area contributed by atoms with E-state index >= 15 is 0 Å². The molecule has 0 aliphatic rings. The van der Waals surface area contributed by atoms with Crippen molar-refractivity contribution in [2.24, 2.45) is 0 Å². The van der Waals surface area contributed by atoms with Gasteiger partial charge in [0.2, 0.25) is 5.91 Å². The Kier molecular flexibility index (Phi) is 6.00. The molecule has 2 aromatic carbocycles. The quantitative estimate of drug-likeness (QED) is 0.611. The molecule has 0 radical (unpaired) electrons. The Hall–Kier alpha value is -2.58. The number of alkyl halides is 1. The van der Waals surface area contributed by atoms with Gasteiger partial charge in [-0.25, -0.2) is 4.79 Å². The van der Waals surface area contributed by atoms with Crippen LogP contribution in [0.1, 0.15) is 5.56 Å². The lowest BCUT2D eigenvalue weighted by Crippen LogP contribution is -2.35. The number of para-hydroxylation sites is 1. The number of nitrogens with one attached hydrogen (secondary N) is 2. The lowest BCUT2D eigenvalue weighted by Gasteiger charge is -2.10. The van der Waals surface area contributed by atoms with Crippen LogP contribution in [0.2, 0.25) is 0 Å². The molecule has 0 saturated heterocycles. The monoisotopic (exact) mass is 382 g/mol. The summed E-state index contributed by atoms with van der Waals surface area (Å²) in [6, 6.07) is 11.3. The number of carbonyl (C=O) groups excluding carboxylic acids is 2. The predicted molar refractivity (Wildman–Crippen MR) is 93.3 cm³/mol. The maximum absolute atomic E-state index is 12.3. The summed E-state index contributed by atoms with van der Waals surface area (Å²) >= 11 is 5.27. The van der Waals surface area contributed by atoms with Crippen LogP contribution in [0.25, 0.3) is 0 Å². The van der Waals surface area contributed by atoms with Gasteiger partial charge in [0, 0.05) is 5.69 Å². The molecule has 0 unspecified atom stereocenters. The fourth-order valence-corrected chi connectivity index (χ4v) is 2.90. The Morgan fingerprint density at radius 3 is 2.32 bits per heavy atom. The van der Waals surface area contributed by atoms with E-state index in [9.17, 15) is 18.0 Å². The van der Waals surface area contributed by atoms with E-state index < -0.39 is 22.1 Å². The third-order valence-corrected chi connectivity index (χ3v) is 4.56. The van der Waals surface area contributed by atoms with E-state index in [1.54, 1.807) is 31.2 Å². The topological polar surface area (TPSA) is 102 Å². The number of amides is 3. The molecule has 7 nitrogen and oxygen atoms in total. The Morgan fingerprint density at radius 2 is 1.72 bits per heavy atom. The normalized spacial score (nSPS) is 10.8. The molecule has 0 atom stereocenters. The second kappa shape index (κ2) is 8.00. The first kappa shape index (κ1) is 18.8. The maximum Gasteiger partial charge on any atom is 0.339 e. The third kappa shape index (κ3) is 5.20. The van der Waals surface area contributed by atoms with Crippen molar-refractivity contribution < 1.29 is 22.2 Å². The van der Waals surface area contributed by atoms with Gasteiger partial charge in [-0.15, -0.1) is 11.6 Å². The van der Waals surface area contributed by atoms with Crippen molar-refractivity contribution in [3.05, 3.63) is 54.1 Å². The van der Waals surface area contributed by atoms with Crippen molar-refractivity contribution in [1.82, 2.24) is 5.32 Å². The molecule has 132 valence electrons. The van der Waals surface area contributed by atoms with Gasteiger partial charge in [0.25, 0.3) is 0 Å². The van der Waals surface area contributed by atoms with Crippen molar-refractivity contribution in [2.75, 3.05) is 11.2 Å². The first-order valence-electron chi connectivity index (χ1n) is 7.09. The van der Waals surface area contributed by atoms with Crippen molar-refractivity contribution in [3.63, 3.8) is 0 Å². The molecule has 0 aliphatic carbocycles. The second-order valence-corrected chi connectivity index (χ2v) is 6.78. The number of hydrogen-bond acceptors (Lipinski definition) is 5. The molecule has 0 bridgehead atoms. The number of halogens is 1. The highest BCUT2D eigenvalue weighted by atomic mass is 35.5. The van der Waals surface area contributed by atoms with Gasteiger partial charge < -0.3 is 9.50 Å². The number of carbonyl (C=O) groups is 2.